The van der Waals surface area contributed by atoms with Crippen LogP contribution in [0.25, 0.3) is 0 Å². The Morgan fingerprint density at radius 3 is 2.50 bits per heavy atom. The number of carboxylic acid groups (broad SMARTS) is 1. The van der Waals surface area contributed by atoms with Crippen LogP contribution in [0.5, 0.6) is 0 Å². The SMILES string of the molecule is CCCC1CN(CC2(C(=O)O)CCCC2)C1. The maximum absolute atomic E-state index is 11.4. The van der Waals surface area contributed by atoms with Crippen molar-refractivity contribution in [1.29, 1.82) is 0 Å². The first-order valence-corrected chi connectivity index (χ1v) is 6.62. The van der Waals surface area contributed by atoms with Crippen LogP contribution in [-0.2, 0) is 4.79 Å². The largest absolute Gasteiger partial charge is 0.481 e. The predicted molar refractivity (Wildman–Crippen MR) is 63.4 cm³/mol. The number of nitrogens with zero attached hydrogens (tertiary/aromatic N) is 1. The highest BCUT2D eigenvalue weighted by atomic mass is 16.4. The van der Waals surface area contributed by atoms with Gasteiger partial charge in [-0.2, -0.15) is 0 Å². The molecule has 3 nitrogen and oxygen atoms in total. The maximum atomic E-state index is 11.4. The average Bonchev–Trinajstić information content (AvgIpc) is 2.64. The molecule has 16 heavy (non-hydrogen) atoms. The van der Waals surface area contributed by atoms with Gasteiger partial charge in [-0.3, -0.25) is 4.79 Å². The van der Waals surface area contributed by atoms with E-state index in [0.717, 1.165) is 51.2 Å². The van der Waals surface area contributed by atoms with Gasteiger partial charge in [0.05, 0.1) is 5.41 Å². The molecule has 3 heteroatoms. The molecule has 1 heterocycles. The Morgan fingerprint density at radius 2 is 2.00 bits per heavy atom. The van der Waals surface area contributed by atoms with Gasteiger partial charge in [-0.1, -0.05) is 26.2 Å². The van der Waals surface area contributed by atoms with E-state index in [0.29, 0.717) is 0 Å². The van der Waals surface area contributed by atoms with E-state index in [-0.39, 0.29) is 0 Å². The fraction of sp³-hybridized carbons (Fsp3) is 0.923. The summed E-state index contributed by atoms with van der Waals surface area (Å²) in [6.07, 6.45) is 6.52. The maximum Gasteiger partial charge on any atom is 0.310 e. The number of carbonyl (C=O) groups is 1. The number of aliphatic carboxylic acids is 1. The molecule has 0 aromatic carbocycles. The molecule has 1 aliphatic carbocycles. The number of hydrogen-bond donors (Lipinski definition) is 1. The first-order valence-electron chi connectivity index (χ1n) is 6.62. The third kappa shape index (κ3) is 2.24. The number of rotatable bonds is 5. The highest BCUT2D eigenvalue weighted by Crippen LogP contribution is 2.40. The zero-order valence-corrected chi connectivity index (χ0v) is 10.2. The van der Waals surface area contributed by atoms with Crippen molar-refractivity contribution in [3.8, 4) is 0 Å². The van der Waals surface area contributed by atoms with Crippen molar-refractivity contribution in [1.82, 2.24) is 4.90 Å². The zero-order valence-electron chi connectivity index (χ0n) is 10.2. The topological polar surface area (TPSA) is 40.5 Å². The third-order valence-electron chi connectivity index (χ3n) is 4.27. The van der Waals surface area contributed by atoms with Crippen LogP contribution in [0.15, 0.2) is 0 Å². The Morgan fingerprint density at radius 1 is 1.38 bits per heavy atom. The van der Waals surface area contributed by atoms with Gasteiger partial charge in [-0.25, -0.2) is 0 Å². The summed E-state index contributed by atoms with van der Waals surface area (Å²) in [5.74, 6) is 0.265. The Hall–Kier alpha value is -0.570. The van der Waals surface area contributed by atoms with Crippen molar-refractivity contribution in [3.05, 3.63) is 0 Å². The fourth-order valence-corrected chi connectivity index (χ4v) is 3.32. The molecule has 0 radical (unpaired) electrons. The molecule has 2 aliphatic rings. The minimum atomic E-state index is -0.566. The molecule has 0 amide bonds. The summed E-state index contributed by atoms with van der Waals surface area (Å²) in [5.41, 5.74) is -0.406. The lowest BCUT2D eigenvalue weighted by molar-refractivity contribution is -0.151. The second kappa shape index (κ2) is 4.74. The molecular weight excluding hydrogens is 202 g/mol. The van der Waals surface area contributed by atoms with Crippen molar-refractivity contribution in [3.63, 3.8) is 0 Å². The van der Waals surface area contributed by atoms with Crippen LogP contribution in [0, 0.1) is 11.3 Å². The second-order valence-corrected chi connectivity index (χ2v) is 5.64. The molecule has 0 aromatic rings. The highest BCUT2D eigenvalue weighted by molar-refractivity contribution is 5.75. The van der Waals surface area contributed by atoms with Crippen LogP contribution >= 0.6 is 0 Å². The lowest BCUT2D eigenvalue weighted by Crippen LogP contribution is -2.52. The minimum Gasteiger partial charge on any atom is -0.481 e. The van der Waals surface area contributed by atoms with Crippen molar-refractivity contribution in [2.24, 2.45) is 11.3 Å². The molecular formula is C13H23NO2. The van der Waals surface area contributed by atoms with Crippen molar-refractivity contribution in [2.75, 3.05) is 19.6 Å². The number of hydrogen-bond acceptors (Lipinski definition) is 2. The zero-order chi connectivity index (χ0) is 11.6. The standard InChI is InChI=1S/C13H23NO2/c1-2-5-11-8-14(9-11)10-13(12(15)16)6-3-4-7-13/h11H,2-10H2,1H3,(H,15,16). The number of likely N-dealkylation sites (tertiary alicyclic amines) is 1. The Labute approximate surface area is 97.8 Å². The molecule has 0 spiro atoms. The molecule has 0 bridgehead atoms. The summed E-state index contributed by atoms with van der Waals surface area (Å²) >= 11 is 0. The summed E-state index contributed by atoms with van der Waals surface area (Å²) in [5, 5.41) is 9.37. The molecule has 1 saturated carbocycles. The lowest BCUT2D eigenvalue weighted by Gasteiger charge is -2.43. The summed E-state index contributed by atoms with van der Waals surface area (Å²) < 4.78 is 0. The van der Waals surface area contributed by atoms with E-state index in [1.54, 1.807) is 0 Å². The first kappa shape index (κ1) is 11.9. The van der Waals surface area contributed by atoms with Gasteiger partial charge in [0, 0.05) is 19.6 Å². The Kier molecular flexibility index (Phi) is 3.53. The van der Waals surface area contributed by atoms with Crippen molar-refractivity contribution in [2.45, 2.75) is 45.4 Å². The predicted octanol–water partition coefficient (Wildman–Crippen LogP) is 2.36. The Balaban J connectivity index is 1.82. The van der Waals surface area contributed by atoms with Crippen LogP contribution < -0.4 is 0 Å². The van der Waals surface area contributed by atoms with E-state index in [4.69, 9.17) is 0 Å². The van der Waals surface area contributed by atoms with Gasteiger partial charge in [-0.15, -0.1) is 0 Å². The van der Waals surface area contributed by atoms with E-state index in [9.17, 15) is 9.90 Å². The highest BCUT2D eigenvalue weighted by Gasteiger charge is 2.44. The smallest absolute Gasteiger partial charge is 0.310 e. The Bertz CT molecular complexity index is 253. The quantitative estimate of drug-likeness (QED) is 0.781. The summed E-state index contributed by atoms with van der Waals surface area (Å²) in [4.78, 5) is 13.7. The van der Waals surface area contributed by atoms with Crippen LogP contribution in [0.3, 0.4) is 0 Å². The van der Waals surface area contributed by atoms with Gasteiger partial charge in [-0.05, 0) is 25.2 Å². The molecule has 92 valence electrons. The van der Waals surface area contributed by atoms with Crippen LogP contribution in [0.2, 0.25) is 0 Å². The van der Waals surface area contributed by atoms with E-state index >= 15 is 0 Å². The molecule has 2 rings (SSSR count). The molecule has 0 aromatic heterocycles. The van der Waals surface area contributed by atoms with Gasteiger partial charge in [0.2, 0.25) is 0 Å². The number of carboxylic acids is 1. The molecule has 1 N–H and O–H groups in total. The van der Waals surface area contributed by atoms with Crippen molar-refractivity contribution < 1.29 is 9.90 Å². The van der Waals surface area contributed by atoms with Crippen LogP contribution in [-0.4, -0.2) is 35.6 Å². The first-order chi connectivity index (χ1) is 7.66. The monoisotopic (exact) mass is 225 g/mol. The van der Waals surface area contributed by atoms with Crippen molar-refractivity contribution >= 4 is 5.97 Å². The average molecular weight is 225 g/mol. The normalized spacial score (nSPS) is 25.6. The van der Waals surface area contributed by atoms with Gasteiger partial charge in [0.15, 0.2) is 0 Å². The van der Waals surface area contributed by atoms with Crippen LogP contribution in [0.4, 0.5) is 0 Å². The van der Waals surface area contributed by atoms with Gasteiger partial charge < -0.3 is 10.0 Å². The van der Waals surface area contributed by atoms with Crippen LogP contribution in [0.1, 0.15) is 45.4 Å². The summed E-state index contributed by atoms with van der Waals surface area (Å²) in [6, 6.07) is 0. The molecule has 1 aliphatic heterocycles. The fourth-order valence-electron chi connectivity index (χ4n) is 3.32. The summed E-state index contributed by atoms with van der Waals surface area (Å²) in [7, 11) is 0. The van der Waals surface area contributed by atoms with Gasteiger partial charge in [0.1, 0.15) is 0 Å². The van der Waals surface area contributed by atoms with E-state index in [1.165, 1.54) is 12.8 Å². The second-order valence-electron chi connectivity index (χ2n) is 5.64. The molecule has 0 unspecified atom stereocenters. The molecule has 0 atom stereocenters. The van der Waals surface area contributed by atoms with Gasteiger partial charge >= 0.3 is 5.97 Å². The van der Waals surface area contributed by atoms with E-state index < -0.39 is 11.4 Å². The lowest BCUT2D eigenvalue weighted by atomic mass is 9.83. The minimum absolute atomic E-state index is 0.406. The summed E-state index contributed by atoms with van der Waals surface area (Å²) in [6.45, 7) is 5.27. The third-order valence-corrected chi connectivity index (χ3v) is 4.27. The van der Waals surface area contributed by atoms with Gasteiger partial charge in [0.25, 0.3) is 0 Å². The molecule has 1 saturated heterocycles. The van der Waals surface area contributed by atoms with E-state index in [2.05, 4.69) is 11.8 Å². The molecule has 2 fully saturated rings. The van der Waals surface area contributed by atoms with E-state index in [1.807, 2.05) is 0 Å².